The zero-order chi connectivity index (χ0) is 29.7. The molecule has 2 fully saturated rings. The maximum Gasteiger partial charge on any atom is 0.295 e. The van der Waals surface area contributed by atoms with Gasteiger partial charge in [-0.1, -0.05) is 44.4 Å². The summed E-state index contributed by atoms with van der Waals surface area (Å²) in [6.07, 6.45) is 8.92. The fraction of sp³-hybridized carbons (Fsp3) is 0.536. The van der Waals surface area contributed by atoms with Crippen molar-refractivity contribution in [3.8, 4) is 0 Å². The number of likely N-dealkylation sites (N-methyl/N-ethyl adjacent to an activating group) is 1. The molecule has 42 heavy (non-hydrogen) atoms. The Labute approximate surface area is 262 Å². The number of aromatic nitrogens is 6. The van der Waals surface area contributed by atoms with Crippen LogP contribution in [0, 0.1) is 12.5 Å². The molecule has 1 aliphatic carbocycles. The SMILES string of the molecule is Clc1nc(Cl)nc(Cl)n1.[C-]#[N+]CN(c1ccccc1)c1nc(NCC2CCCCC2)nc(NC[C@@H]2CCCN2CC)n1. The Morgan fingerprint density at radius 1 is 0.833 bits per heavy atom. The van der Waals surface area contributed by atoms with Gasteiger partial charge in [-0.2, -0.15) is 29.9 Å². The number of para-hydroxylation sites is 1. The van der Waals surface area contributed by atoms with Crippen LogP contribution in [0.3, 0.4) is 0 Å². The predicted molar refractivity (Wildman–Crippen MR) is 169 cm³/mol. The Balaban J connectivity index is 0.000000385. The lowest BCUT2D eigenvalue weighted by molar-refractivity contribution is 0.277. The molecule has 2 aliphatic rings. The van der Waals surface area contributed by atoms with E-state index in [1.54, 1.807) is 0 Å². The zero-order valence-electron chi connectivity index (χ0n) is 23.7. The van der Waals surface area contributed by atoms with Crippen LogP contribution < -0.4 is 15.5 Å². The molecule has 0 bridgehead atoms. The summed E-state index contributed by atoms with van der Waals surface area (Å²) in [5.74, 6) is 2.32. The lowest BCUT2D eigenvalue weighted by Crippen LogP contribution is -2.35. The summed E-state index contributed by atoms with van der Waals surface area (Å²) in [5, 5.41) is 6.94. The lowest BCUT2D eigenvalue weighted by Gasteiger charge is -2.24. The van der Waals surface area contributed by atoms with Crippen LogP contribution in [0.2, 0.25) is 15.9 Å². The smallest absolute Gasteiger partial charge is 0.295 e. The highest BCUT2D eigenvalue weighted by atomic mass is 35.5. The van der Waals surface area contributed by atoms with Crippen molar-refractivity contribution >= 4 is 58.3 Å². The average Bonchev–Trinajstić information content (AvgIpc) is 3.46. The summed E-state index contributed by atoms with van der Waals surface area (Å²) < 4.78 is 0. The van der Waals surface area contributed by atoms with E-state index >= 15 is 0 Å². The molecule has 1 aliphatic heterocycles. The molecule has 0 unspecified atom stereocenters. The van der Waals surface area contributed by atoms with E-state index < -0.39 is 0 Å². The number of rotatable bonds is 10. The van der Waals surface area contributed by atoms with Crippen molar-refractivity contribution in [2.75, 3.05) is 48.4 Å². The number of anilines is 4. The van der Waals surface area contributed by atoms with Crippen LogP contribution in [0.5, 0.6) is 0 Å². The molecular formula is C28H36Cl3N11. The van der Waals surface area contributed by atoms with Crippen molar-refractivity contribution in [2.24, 2.45) is 5.92 Å². The number of nitrogens with zero attached hydrogens (tertiary/aromatic N) is 9. The van der Waals surface area contributed by atoms with Gasteiger partial charge >= 0.3 is 0 Å². The molecule has 5 rings (SSSR count). The average molecular weight is 633 g/mol. The molecule has 1 aromatic carbocycles. The molecule has 2 N–H and O–H groups in total. The minimum atomic E-state index is 0.000000000000000444. The second-order valence-electron chi connectivity index (χ2n) is 10.2. The first-order valence-corrected chi connectivity index (χ1v) is 15.4. The minimum Gasteiger partial charge on any atom is -0.354 e. The molecule has 0 amide bonds. The van der Waals surface area contributed by atoms with Gasteiger partial charge in [0.1, 0.15) is 0 Å². The Morgan fingerprint density at radius 2 is 1.45 bits per heavy atom. The zero-order valence-corrected chi connectivity index (χ0v) is 26.0. The van der Waals surface area contributed by atoms with Crippen LogP contribution in [-0.4, -0.2) is 73.7 Å². The molecule has 14 heteroatoms. The fourth-order valence-corrected chi connectivity index (χ4v) is 5.87. The van der Waals surface area contributed by atoms with Gasteiger partial charge in [-0.05, 0) is 91.6 Å². The Kier molecular flexibility index (Phi) is 12.6. The normalized spacial score (nSPS) is 17.2. The summed E-state index contributed by atoms with van der Waals surface area (Å²) in [5.41, 5.74) is 0.900. The summed E-state index contributed by atoms with van der Waals surface area (Å²) >= 11 is 16.0. The van der Waals surface area contributed by atoms with Crippen molar-refractivity contribution < 1.29 is 0 Å². The third-order valence-corrected chi connectivity index (χ3v) is 7.88. The molecule has 2 aromatic heterocycles. The maximum atomic E-state index is 7.47. The number of hydrogen-bond acceptors (Lipinski definition) is 10. The van der Waals surface area contributed by atoms with Gasteiger partial charge in [-0.25, -0.2) is 11.5 Å². The quantitative estimate of drug-likeness (QED) is 0.237. The summed E-state index contributed by atoms with van der Waals surface area (Å²) in [6, 6.07) is 10.4. The number of halogens is 3. The first kappa shape index (κ1) is 31.9. The Hall–Kier alpha value is -3.04. The highest BCUT2D eigenvalue weighted by Crippen LogP contribution is 2.26. The third-order valence-electron chi connectivity index (χ3n) is 7.37. The molecular weight excluding hydrogens is 597 g/mol. The van der Waals surface area contributed by atoms with E-state index in [0.29, 0.717) is 29.8 Å². The second-order valence-corrected chi connectivity index (χ2v) is 11.2. The molecule has 1 saturated heterocycles. The highest BCUT2D eigenvalue weighted by molar-refractivity contribution is 6.33. The first-order chi connectivity index (χ1) is 20.4. The second kappa shape index (κ2) is 16.6. The van der Waals surface area contributed by atoms with Crippen LogP contribution in [0.25, 0.3) is 4.85 Å². The standard InChI is InChI=1S/C25H36N8.C3Cl3N3/c1-3-32-16-10-15-22(32)18-28-24-29-23(27-17-20-11-6-4-7-12-20)30-25(31-24)33(19-26-2)21-13-8-5-9-14-21;4-1-7-2(5)9-3(6)8-1/h5,8-9,13-14,20,22H,3-4,6-7,10-12,15-19H2,1H3,(H2,27,28,29,30,31);/t22-;/m0./s1. The third kappa shape index (κ3) is 9.76. The maximum absolute atomic E-state index is 7.47. The van der Waals surface area contributed by atoms with Crippen LogP contribution in [0.15, 0.2) is 30.3 Å². The van der Waals surface area contributed by atoms with Crippen molar-refractivity contribution in [2.45, 2.75) is 57.9 Å². The molecule has 0 spiro atoms. The Bertz CT molecular complexity index is 1250. The van der Waals surface area contributed by atoms with Gasteiger partial charge < -0.3 is 10.6 Å². The predicted octanol–water partition coefficient (Wildman–Crippen LogP) is 6.61. The summed E-state index contributed by atoms with van der Waals surface area (Å²) in [4.78, 5) is 32.5. The lowest BCUT2D eigenvalue weighted by atomic mass is 9.89. The van der Waals surface area contributed by atoms with E-state index in [0.717, 1.165) is 31.9 Å². The van der Waals surface area contributed by atoms with Crippen molar-refractivity contribution in [1.82, 2.24) is 34.8 Å². The molecule has 1 atom stereocenters. The van der Waals surface area contributed by atoms with Gasteiger partial charge in [0.25, 0.3) is 6.67 Å². The molecule has 3 heterocycles. The molecule has 0 radical (unpaired) electrons. The van der Waals surface area contributed by atoms with Gasteiger partial charge in [0.05, 0.1) is 5.69 Å². The number of hydrogen-bond donors (Lipinski definition) is 2. The van der Waals surface area contributed by atoms with Crippen molar-refractivity contribution in [1.29, 1.82) is 0 Å². The summed E-state index contributed by atoms with van der Waals surface area (Å²) in [6.45, 7) is 13.8. The number of likely N-dealkylation sites (tertiary alicyclic amines) is 1. The highest BCUT2D eigenvalue weighted by Gasteiger charge is 2.24. The van der Waals surface area contributed by atoms with Gasteiger partial charge in [0.2, 0.25) is 33.7 Å². The van der Waals surface area contributed by atoms with Crippen LogP contribution in [0.1, 0.15) is 51.9 Å². The van der Waals surface area contributed by atoms with E-state index in [-0.39, 0.29) is 22.5 Å². The van der Waals surface area contributed by atoms with Gasteiger partial charge in [0, 0.05) is 19.1 Å². The monoisotopic (exact) mass is 631 g/mol. The van der Waals surface area contributed by atoms with E-state index in [2.05, 4.69) is 42.3 Å². The van der Waals surface area contributed by atoms with Crippen molar-refractivity contribution in [3.63, 3.8) is 0 Å². The van der Waals surface area contributed by atoms with E-state index in [9.17, 15) is 0 Å². The van der Waals surface area contributed by atoms with Gasteiger partial charge in [0.15, 0.2) is 0 Å². The Morgan fingerprint density at radius 3 is 2.05 bits per heavy atom. The van der Waals surface area contributed by atoms with Crippen LogP contribution >= 0.6 is 34.8 Å². The van der Waals surface area contributed by atoms with Crippen LogP contribution in [-0.2, 0) is 0 Å². The van der Waals surface area contributed by atoms with Crippen molar-refractivity contribution in [3.05, 3.63) is 57.6 Å². The summed E-state index contributed by atoms with van der Waals surface area (Å²) in [7, 11) is 0. The first-order valence-electron chi connectivity index (χ1n) is 14.3. The molecule has 11 nitrogen and oxygen atoms in total. The topological polar surface area (TPSA) is 112 Å². The van der Waals surface area contributed by atoms with Crippen LogP contribution in [0.4, 0.5) is 23.5 Å². The molecule has 224 valence electrons. The fourth-order valence-electron chi connectivity index (χ4n) is 5.26. The van der Waals surface area contributed by atoms with E-state index in [1.165, 1.54) is 44.9 Å². The van der Waals surface area contributed by atoms with Gasteiger partial charge in [-0.15, -0.1) is 0 Å². The minimum absolute atomic E-state index is 0.000000000000000444. The van der Waals surface area contributed by atoms with E-state index in [4.69, 9.17) is 56.3 Å². The number of nitrogens with one attached hydrogen (secondary N) is 2. The van der Waals surface area contributed by atoms with E-state index in [1.807, 2.05) is 35.2 Å². The molecule has 1 saturated carbocycles. The molecule has 3 aromatic rings. The number of benzene rings is 1. The largest absolute Gasteiger partial charge is 0.354 e. The van der Waals surface area contributed by atoms with Gasteiger partial charge in [-0.3, -0.25) is 9.74 Å².